The molecular formula is C42H83NO5. The van der Waals surface area contributed by atoms with Crippen LogP contribution in [-0.4, -0.2) is 47.4 Å². The number of aliphatic hydroxyl groups is 2. The molecule has 0 saturated heterocycles. The van der Waals surface area contributed by atoms with Crippen molar-refractivity contribution in [3.63, 3.8) is 0 Å². The number of rotatable bonds is 39. The minimum atomic E-state index is -0.674. The molecule has 0 radical (unpaired) electrons. The molecule has 0 spiro atoms. The van der Waals surface area contributed by atoms with Crippen LogP contribution < -0.4 is 5.32 Å². The van der Waals surface area contributed by atoms with Gasteiger partial charge in [-0.3, -0.25) is 9.59 Å². The summed E-state index contributed by atoms with van der Waals surface area (Å²) in [5, 5.41) is 23.0. The fraction of sp³-hybridized carbons (Fsp3) is 0.952. The number of hydrogen-bond donors (Lipinski definition) is 3. The highest BCUT2D eigenvalue weighted by Gasteiger charge is 2.20. The Hall–Kier alpha value is -1.14. The quantitative estimate of drug-likeness (QED) is 0.0443. The molecule has 6 nitrogen and oxygen atoms in total. The third-order valence-electron chi connectivity index (χ3n) is 9.91. The second-order valence-corrected chi connectivity index (χ2v) is 14.7. The molecule has 2 unspecified atom stereocenters. The van der Waals surface area contributed by atoms with Gasteiger partial charge in [-0.15, -0.1) is 0 Å². The lowest BCUT2D eigenvalue weighted by Gasteiger charge is -2.22. The summed E-state index contributed by atoms with van der Waals surface area (Å²) >= 11 is 0. The van der Waals surface area contributed by atoms with Crippen molar-refractivity contribution in [1.82, 2.24) is 5.32 Å². The number of carbonyl (C=O) groups excluding carboxylic acids is 2. The van der Waals surface area contributed by atoms with E-state index >= 15 is 0 Å². The Labute approximate surface area is 298 Å². The van der Waals surface area contributed by atoms with Crippen molar-refractivity contribution < 1.29 is 24.5 Å². The van der Waals surface area contributed by atoms with E-state index in [1.165, 1.54) is 141 Å². The number of amides is 1. The Kier molecular flexibility index (Phi) is 37.7. The van der Waals surface area contributed by atoms with Crippen molar-refractivity contribution in [3.05, 3.63) is 0 Å². The van der Waals surface area contributed by atoms with E-state index < -0.39 is 12.1 Å². The summed E-state index contributed by atoms with van der Waals surface area (Å²) < 4.78 is 5.42. The number of unbranched alkanes of at least 4 members (excludes halogenated alkanes) is 28. The molecule has 6 heteroatoms. The highest BCUT2D eigenvalue weighted by molar-refractivity contribution is 5.76. The molecule has 0 aromatic heterocycles. The van der Waals surface area contributed by atoms with Crippen molar-refractivity contribution in [2.75, 3.05) is 13.2 Å². The van der Waals surface area contributed by atoms with Crippen LogP contribution in [0.5, 0.6) is 0 Å². The zero-order valence-corrected chi connectivity index (χ0v) is 32.2. The Bertz CT molecular complexity index is 672. The fourth-order valence-electron chi connectivity index (χ4n) is 6.58. The second kappa shape index (κ2) is 38.7. The number of aliphatic hydroxyl groups excluding tert-OH is 2. The molecule has 0 aliphatic carbocycles. The highest BCUT2D eigenvalue weighted by Crippen LogP contribution is 2.15. The Morgan fingerprint density at radius 1 is 0.500 bits per heavy atom. The van der Waals surface area contributed by atoms with Crippen molar-refractivity contribution >= 4 is 11.9 Å². The zero-order chi connectivity index (χ0) is 35.2. The average Bonchev–Trinajstić information content (AvgIpc) is 3.08. The van der Waals surface area contributed by atoms with Crippen LogP contribution in [0, 0.1) is 0 Å². The van der Waals surface area contributed by atoms with Crippen LogP contribution in [0.3, 0.4) is 0 Å². The SMILES string of the molecule is CCCCCCCCCCCCCC(=O)OCCCCCCCCCCCCC(=O)NC(CO)C(O)CCCCCCCCCCCC. The minimum Gasteiger partial charge on any atom is -0.466 e. The van der Waals surface area contributed by atoms with Gasteiger partial charge in [-0.1, -0.05) is 194 Å². The highest BCUT2D eigenvalue weighted by atomic mass is 16.5. The molecule has 0 rings (SSSR count). The molecular weight excluding hydrogens is 598 g/mol. The number of carbonyl (C=O) groups is 2. The first-order valence-corrected chi connectivity index (χ1v) is 21.3. The maximum absolute atomic E-state index is 12.3. The van der Waals surface area contributed by atoms with E-state index in [-0.39, 0.29) is 18.5 Å². The van der Waals surface area contributed by atoms with Crippen LogP contribution >= 0.6 is 0 Å². The summed E-state index contributed by atoms with van der Waals surface area (Å²) in [6, 6.07) is -0.553. The molecule has 0 aromatic rings. The first kappa shape index (κ1) is 46.9. The fourth-order valence-corrected chi connectivity index (χ4v) is 6.58. The minimum absolute atomic E-state index is 0.0196. The molecule has 0 bridgehead atoms. The van der Waals surface area contributed by atoms with E-state index in [9.17, 15) is 19.8 Å². The maximum atomic E-state index is 12.3. The first-order chi connectivity index (χ1) is 23.5. The lowest BCUT2D eigenvalue weighted by atomic mass is 10.0. The van der Waals surface area contributed by atoms with Crippen LogP contribution in [0.2, 0.25) is 0 Å². The smallest absolute Gasteiger partial charge is 0.305 e. The van der Waals surface area contributed by atoms with Crippen molar-refractivity contribution in [2.24, 2.45) is 0 Å². The molecule has 0 fully saturated rings. The summed E-state index contributed by atoms with van der Waals surface area (Å²) in [6.07, 6.45) is 39.0. The molecule has 48 heavy (non-hydrogen) atoms. The van der Waals surface area contributed by atoms with Crippen LogP contribution in [0.1, 0.15) is 232 Å². The van der Waals surface area contributed by atoms with Crippen molar-refractivity contribution in [1.29, 1.82) is 0 Å². The van der Waals surface area contributed by atoms with Gasteiger partial charge in [-0.2, -0.15) is 0 Å². The summed E-state index contributed by atoms with van der Waals surface area (Å²) in [6.45, 7) is 4.87. The summed E-state index contributed by atoms with van der Waals surface area (Å²) in [7, 11) is 0. The van der Waals surface area contributed by atoms with Crippen LogP contribution in [0.25, 0.3) is 0 Å². The van der Waals surface area contributed by atoms with Crippen molar-refractivity contribution in [3.8, 4) is 0 Å². The maximum Gasteiger partial charge on any atom is 0.305 e. The van der Waals surface area contributed by atoms with Gasteiger partial charge in [-0.25, -0.2) is 0 Å². The van der Waals surface area contributed by atoms with Gasteiger partial charge in [0, 0.05) is 12.8 Å². The van der Waals surface area contributed by atoms with E-state index in [1.54, 1.807) is 0 Å². The van der Waals surface area contributed by atoms with E-state index in [2.05, 4.69) is 19.2 Å². The molecule has 286 valence electrons. The normalized spacial score (nSPS) is 12.7. The zero-order valence-electron chi connectivity index (χ0n) is 32.2. The molecule has 0 aromatic carbocycles. The molecule has 0 heterocycles. The summed E-state index contributed by atoms with van der Waals surface area (Å²) in [5.74, 6) is -0.0789. The van der Waals surface area contributed by atoms with E-state index in [4.69, 9.17) is 4.74 Å². The largest absolute Gasteiger partial charge is 0.466 e. The lowest BCUT2D eigenvalue weighted by molar-refractivity contribution is -0.143. The van der Waals surface area contributed by atoms with E-state index in [0.29, 0.717) is 25.9 Å². The lowest BCUT2D eigenvalue weighted by Crippen LogP contribution is -2.45. The number of nitrogens with one attached hydrogen (secondary N) is 1. The van der Waals surface area contributed by atoms with E-state index in [1.807, 2.05) is 0 Å². The van der Waals surface area contributed by atoms with Crippen LogP contribution in [-0.2, 0) is 14.3 Å². The third-order valence-corrected chi connectivity index (χ3v) is 9.91. The van der Waals surface area contributed by atoms with Crippen molar-refractivity contribution in [2.45, 2.75) is 244 Å². The molecule has 3 N–H and O–H groups in total. The Morgan fingerprint density at radius 3 is 1.27 bits per heavy atom. The first-order valence-electron chi connectivity index (χ1n) is 21.3. The predicted octanol–water partition coefficient (Wildman–Crippen LogP) is 11.7. The summed E-state index contributed by atoms with van der Waals surface area (Å²) in [4.78, 5) is 24.3. The van der Waals surface area contributed by atoms with Gasteiger partial charge in [0.05, 0.1) is 25.4 Å². The summed E-state index contributed by atoms with van der Waals surface area (Å²) in [5.41, 5.74) is 0. The average molecular weight is 682 g/mol. The van der Waals surface area contributed by atoms with Gasteiger partial charge in [0.1, 0.15) is 0 Å². The molecule has 0 aliphatic heterocycles. The standard InChI is InChI=1S/C42H83NO5/c1-3-5-7-9-11-13-15-20-24-28-32-36-42(47)48-37-33-29-25-21-17-16-19-23-27-31-35-41(46)43-39(38-44)40(45)34-30-26-22-18-14-12-10-8-6-4-2/h39-40,44-45H,3-38H2,1-2H3,(H,43,46). The second-order valence-electron chi connectivity index (χ2n) is 14.7. The topological polar surface area (TPSA) is 95.9 Å². The van der Waals surface area contributed by atoms with Gasteiger partial charge in [0.15, 0.2) is 0 Å². The van der Waals surface area contributed by atoms with E-state index in [0.717, 1.165) is 57.8 Å². The van der Waals surface area contributed by atoms with Gasteiger partial charge < -0.3 is 20.3 Å². The number of esters is 1. The number of ether oxygens (including phenoxy) is 1. The van der Waals surface area contributed by atoms with Gasteiger partial charge in [0.2, 0.25) is 5.91 Å². The molecule has 0 saturated carbocycles. The Balaban J connectivity index is 3.48. The molecule has 1 amide bonds. The van der Waals surface area contributed by atoms with Gasteiger partial charge >= 0.3 is 5.97 Å². The van der Waals surface area contributed by atoms with Crippen LogP contribution in [0.15, 0.2) is 0 Å². The van der Waals surface area contributed by atoms with Crippen LogP contribution in [0.4, 0.5) is 0 Å². The molecule has 0 aliphatic rings. The van der Waals surface area contributed by atoms with Gasteiger partial charge in [0.25, 0.3) is 0 Å². The third kappa shape index (κ3) is 34.7. The number of hydrogen-bond acceptors (Lipinski definition) is 5. The monoisotopic (exact) mass is 682 g/mol. The van der Waals surface area contributed by atoms with Gasteiger partial charge in [-0.05, 0) is 25.7 Å². The molecule has 2 atom stereocenters. The predicted molar refractivity (Wildman–Crippen MR) is 204 cm³/mol. The Morgan fingerprint density at radius 2 is 0.854 bits per heavy atom.